The van der Waals surface area contributed by atoms with Gasteiger partial charge < -0.3 is 19.9 Å². The molecule has 0 bridgehead atoms. The highest BCUT2D eigenvalue weighted by Crippen LogP contribution is 2.26. The minimum absolute atomic E-state index is 0.0240. The van der Waals surface area contributed by atoms with Crippen LogP contribution in [0.5, 0.6) is 0 Å². The predicted octanol–water partition coefficient (Wildman–Crippen LogP) is 5.34. The van der Waals surface area contributed by atoms with Gasteiger partial charge in [0.2, 0.25) is 5.91 Å². The number of carbonyl (C=O) groups excluding carboxylic acids is 2. The Kier molecular flexibility index (Phi) is 10.8. The molecule has 0 aromatic heterocycles. The molecule has 1 aromatic rings. The van der Waals surface area contributed by atoms with Crippen molar-refractivity contribution in [2.45, 2.75) is 63.3 Å². The van der Waals surface area contributed by atoms with E-state index in [2.05, 4.69) is 25.1 Å². The highest BCUT2D eigenvalue weighted by molar-refractivity contribution is 6.07. The molecule has 1 saturated heterocycles. The first kappa shape index (κ1) is 29.3. The number of amides is 2. The molecule has 0 spiro atoms. The van der Waals surface area contributed by atoms with Crippen molar-refractivity contribution in [3.8, 4) is 0 Å². The molecule has 1 aromatic carbocycles. The first-order valence-corrected chi connectivity index (χ1v) is 13.2. The van der Waals surface area contributed by atoms with Gasteiger partial charge in [-0.2, -0.15) is 0 Å². The lowest BCUT2D eigenvalue weighted by atomic mass is 9.98. The molecule has 1 saturated carbocycles. The summed E-state index contributed by atoms with van der Waals surface area (Å²) in [5.74, 6) is -1.48. The second-order valence-electron chi connectivity index (χ2n) is 10.1. The molecule has 206 valence electrons. The Labute approximate surface area is 224 Å². The Morgan fingerprint density at radius 1 is 1.24 bits per heavy atom. The highest BCUT2D eigenvalue weighted by Gasteiger charge is 2.36. The highest BCUT2D eigenvalue weighted by atomic mass is 19.1. The van der Waals surface area contributed by atoms with Crippen molar-refractivity contribution < 1.29 is 23.1 Å². The molecule has 6 nitrogen and oxygen atoms in total. The molecule has 2 fully saturated rings. The molecule has 1 aliphatic heterocycles. The fourth-order valence-corrected chi connectivity index (χ4v) is 4.91. The van der Waals surface area contributed by atoms with Crippen molar-refractivity contribution in [2.24, 2.45) is 0 Å². The van der Waals surface area contributed by atoms with Crippen LogP contribution in [-0.2, 0) is 20.7 Å². The molecular weight excluding hydrogens is 488 g/mol. The van der Waals surface area contributed by atoms with Gasteiger partial charge in [0.15, 0.2) is 0 Å². The summed E-state index contributed by atoms with van der Waals surface area (Å²) < 4.78 is 35.2. The van der Waals surface area contributed by atoms with E-state index in [1.165, 1.54) is 29.5 Å². The second-order valence-corrected chi connectivity index (χ2v) is 10.1. The van der Waals surface area contributed by atoms with Crippen LogP contribution in [0.4, 0.5) is 14.5 Å². The van der Waals surface area contributed by atoms with Crippen molar-refractivity contribution >= 4 is 17.5 Å². The average Bonchev–Trinajstić information content (AvgIpc) is 3.28. The van der Waals surface area contributed by atoms with Gasteiger partial charge in [0.05, 0.1) is 43.0 Å². The summed E-state index contributed by atoms with van der Waals surface area (Å²) in [7, 11) is 1.77. The van der Waals surface area contributed by atoms with E-state index < -0.39 is 17.9 Å². The fourth-order valence-electron chi connectivity index (χ4n) is 4.91. The van der Waals surface area contributed by atoms with E-state index in [0.29, 0.717) is 24.3 Å². The predicted molar refractivity (Wildman–Crippen MR) is 147 cm³/mol. The minimum Gasteiger partial charge on any atom is -0.376 e. The van der Waals surface area contributed by atoms with Crippen LogP contribution in [0, 0.1) is 5.82 Å². The van der Waals surface area contributed by atoms with Gasteiger partial charge in [-0.1, -0.05) is 50.6 Å². The van der Waals surface area contributed by atoms with E-state index in [-0.39, 0.29) is 48.7 Å². The van der Waals surface area contributed by atoms with Gasteiger partial charge in [-0.05, 0) is 36.1 Å². The van der Waals surface area contributed by atoms with Gasteiger partial charge in [0, 0.05) is 26.2 Å². The first-order valence-electron chi connectivity index (χ1n) is 13.2. The van der Waals surface area contributed by atoms with E-state index >= 15 is 0 Å². The normalized spacial score (nSPS) is 20.2. The zero-order valence-electron chi connectivity index (χ0n) is 22.3. The zero-order valence-corrected chi connectivity index (χ0v) is 22.3. The smallest absolute Gasteiger partial charge is 0.257 e. The van der Waals surface area contributed by atoms with Crippen molar-refractivity contribution in [2.75, 3.05) is 32.1 Å². The molecular formula is C30H39F2N3O3. The third-order valence-electron chi connectivity index (χ3n) is 7.00. The Hall–Kier alpha value is -3.26. The number of anilines is 1. The number of halogens is 2. The summed E-state index contributed by atoms with van der Waals surface area (Å²) in [6.07, 6.45) is 9.51. The van der Waals surface area contributed by atoms with Crippen LogP contribution in [0.1, 0.15) is 44.1 Å². The number of hydrogen-bond donors (Lipinski definition) is 1. The van der Waals surface area contributed by atoms with Crippen molar-refractivity contribution in [3.05, 3.63) is 78.8 Å². The Morgan fingerprint density at radius 2 is 1.97 bits per heavy atom. The Morgan fingerprint density at radius 3 is 2.63 bits per heavy atom. The van der Waals surface area contributed by atoms with Crippen molar-refractivity contribution in [1.82, 2.24) is 9.80 Å². The molecule has 0 radical (unpaired) electrons. The fraction of sp³-hybridized carbons (Fsp3) is 0.467. The summed E-state index contributed by atoms with van der Waals surface area (Å²) in [6.45, 7) is 12.0. The number of alkyl halides is 1. The maximum Gasteiger partial charge on any atom is 0.257 e. The SMILES string of the molecule is C=CCN(C)/C=C(\C(=C)C=C)C(=O)Nc1ccc(CC(=O)N2CC(F)CC2COC2CCCCC2)cc1F. The molecule has 1 aliphatic carbocycles. The van der Waals surface area contributed by atoms with Gasteiger partial charge in [0.1, 0.15) is 12.0 Å². The molecule has 2 aliphatic rings. The minimum atomic E-state index is -1.09. The van der Waals surface area contributed by atoms with E-state index in [1.54, 1.807) is 30.3 Å². The Balaban J connectivity index is 1.63. The van der Waals surface area contributed by atoms with Gasteiger partial charge in [-0.3, -0.25) is 9.59 Å². The number of likely N-dealkylation sites (tertiary alicyclic amines) is 1. The topological polar surface area (TPSA) is 61.9 Å². The number of carbonyl (C=O) groups is 2. The van der Waals surface area contributed by atoms with Crippen LogP contribution >= 0.6 is 0 Å². The molecule has 2 atom stereocenters. The number of ether oxygens (including phenoxy) is 1. The third kappa shape index (κ3) is 8.12. The third-order valence-corrected chi connectivity index (χ3v) is 7.00. The molecule has 2 unspecified atom stereocenters. The maximum atomic E-state index is 14.9. The van der Waals surface area contributed by atoms with Crippen LogP contribution in [0.25, 0.3) is 0 Å². The van der Waals surface area contributed by atoms with Crippen molar-refractivity contribution in [3.63, 3.8) is 0 Å². The zero-order chi connectivity index (χ0) is 27.7. The van der Waals surface area contributed by atoms with Gasteiger partial charge in [0.25, 0.3) is 5.91 Å². The number of benzene rings is 1. The summed E-state index contributed by atoms with van der Waals surface area (Å²) >= 11 is 0. The van der Waals surface area contributed by atoms with E-state index in [1.807, 2.05) is 0 Å². The van der Waals surface area contributed by atoms with Crippen LogP contribution in [-0.4, -0.2) is 66.7 Å². The lowest BCUT2D eigenvalue weighted by Gasteiger charge is -2.28. The maximum absolute atomic E-state index is 14.9. The summed E-state index contributed by atoms with van der Waals surface area (Å²) in [5, 5.41) is 2.56. The molecule has 2 amide bonds. The molecule has 8 heteroatoms. The lowest BCUT2D eigenvalue weighted by Crippen LogP contribution is -2.40. The summed E-state index contributed by atoms with van der Waals surface area (Å²) in [5.41, 5.74) is 1.04. The van der Waals surface area contributed by atoms with Crippen molar-refractivity contribution in [1.29, 1.82) is 0 Å². The number of rotatable bonds is 12. The lowest BCUT2D eigenvalue weighted by molar-refractivity contribution is -0.133. The van der Waals surface area contributed by atoms with E-state index in [0.717, 1.165) is 25.7 Å². The second kappa shape index (κ2) is 14.0. The molecule has 1 N–H and O–H groups in total. The monoisotopic (exact) mass is 527 g/mol. The quantitative estimate of drug-likeness (QED) is 0.227. The summed E-state index contributed by atoms with van der Waals surface area (Å²) in [4.78, 5) is 29.2. The standard InChI is InChI=1S/C30H39F2N3O3/c1-5-14-34(4)19-26(21(3)6-2)30(37)33-28-13-12-22(15-27(28)32)16-29(36)35-18-23(31)17-24(35)20-38-25-10-8-7-9-11-25/h5-6,12-13,15,19,23-25H,1-3,7-11,14,16-18,20H2,4H3,(H,33,37)/b26-19+. The largest absolute Gasteiger partial charge is 0.376 e. The number of likely N-dealkylation sites (N-methyl/N-ethyl adjacent to an activating group) is 1. The van der Waals surface area contributed by atoms with Gasteiger partial charge in [-0.15, -0.1) is 6.58 Å². The number of nitrogens with one attached hydrogen (secondary N) is 1. The van der Waals surface area contributed by atoms with E-state index in [4.69, 9.17) is 4.74 Å². The molecule has 3 rings (SSSR count). The first-order chi connectivity index (χ1) is 18.2. The van der Waals surface area contributed by atoms with Crippen LogP contribution in [0.3, 0.4) is 0 Å². The average molecular weight is 528 g/mol. The van der Waals surface area contributed by atoms with Crippen LogP contribution in [0.15, 0.2) is 67.4 Å². The summed E-state index contributed by atoms with van der Waals surface area (Å²) in [6, 6.07) is 3.91. The van der Waals surface area contributed by atoms with Crippen LogP contribution < -0.4 is 5.32 Å². The van der Waals surface area contributed by atoms with Gasteiger partial charge >= 0.3 is 0 Å². The Bertz CT molecular complexity index is 1060. The molecule has 38 heavy (non-hydrogen) atoms. The van der Waals surface area contributed by atoms with E-state index in [9.17, 15) is 18.4 Å². The van der Waals surface area contributed by atoms with Crippen LogP contribution in [0.2, 0.25) is 0 Å². The molecule has 1 heterocycles. The van der Waals surface area contributed by atoms with Gasteiger partial charge in [-0.25, -0.2) is 8.78 Å². The number of hydrogen-bond acceptors (Lipinski definition) is 4. The number of nitrogens with zero attached hydrogens (tertiary/aromatic N) is 2. The number of allylic oxidation sites excluding steroid dienone is 1.